The van der Waals surface area contributed by atoms with E-state index in [1.807, 2.05) is 6.92 Å². The van der Waals surface area contributed by atoms with Crippen LogP contribution in [0, 0.1) is 0 Å². The van der Waals surface area contributed by atoms with Crippen molar-refractivity contribution in [1.29, 1.82) is 0 Å². The first-order valence-corrected chi connectivity index (χ1v) is 9.88. The minimum atomic E-state index is 0.440. The zero-order chi connectivity index (χ0) is 18.6. The van der Waals surface area contributed by atoms with Crippen molar-refractivity contribution < 1.29 is 4.74 Å². The number of aliphatic imine (C=N–C) groups is 1. The van der Waals surface area contributed by atoms with Crippen LogP contribution >= 0.6 is 0 Å². The van der Waals surface area contributed by atoms with E-state index in [0.717, 1.165) is 58.4 Å². The van der Waals surface area contributed by atoms with Crippen molar-refractivity contribution >= 4 is 11.6 Å². The fourth-order valence-corrected chi connectivity index (χ4v) is 3.13. The van der Waals surface area contributed by atoms with Gasteiger partial charge in [0, 0.05) is 57.6 Å². The molecule has 6 nitrogen and oxygen atoms in total. The number of piperazine rings is 1. The number of para-hydroxylation sites is 1. The molecule has 0 aliphatic carbocycles. The van der Waals surface area contributed by atoms with E-state index in [9.17, 15) is 0 Å². The third kappa shape index (κ3) is 6.84. The highest BCUT2D eigenvalue weighted by Gasteiger charge is 2.21. The highest BCUT2D eigenvalue weighted by Crippen LogP contribution is 2.16. The number of hydrogen-bond donors (Lipinski definition) is 2. The summed E-state index contributed by atoms with van der Waals surface area (Å²) in [5.41, 5.74) is 1.32. The van der Waals surface area contributed by atoms with Gasteiger partial charge in [-0.1, -0.05) is 18.2 Å². The van der Waals surface area contributed by atoms with E-state index >= 15 is 0 Å². The molecule has 1 aliphatic rings. The summed E-state index contributed by atoms with van der Waals surface area (Å²) in [7, 11) is 0. The first kappa shape index (κ1) is 20.5. The predicted molar refractivity (Wildman–Crippen MR) is 110 cm³/mol. The molecule has 1 atom stereocenters. The molecular formula is C20H35N5O. The van der Waals surface area contributed by atoms with Crippen LogP contribution in [0.4, 0.5) is 5.69 Å². The van der Waals surface area contributed by atoms with Gasteiger partial charge >= 0.3 is 0 Å². The van der Waals surface area contributed by atoms with Gasteiger partial charge in [0.05, 0.1) is 13.2 Å². The van der Waals surface area contributed by atoms with E-state index in [1.54, 1.807) is 0 Å². The second-order valence-corrected chi connectivity index (χ2v) is 6.55. The molecule has 0 radical (unpaired) electrons. The number of nitrogens with one attached hydrogen (secondary N) is 2. The van der Waals surface area contributed by atoms with E-state index in [1.165, 1.54) is 5.69 Å². The van der Waals surface area contributed by atoms with Crippen molar-refractivity contribution in [2.45, 2.75) is 26.8 Å². The number of hydrogen-bond acceptors (Lipinski definition) is 4. The van der Waals surface area contributed by atoms with Gasteiger partial charge in [0.25, 0.3) is 0 Å². The van der Waals surface area contributed by atoms with Crippen LogP contribution < -0.4 is 15.5 Å². The van der Waals surface area contributed by atoms with E-state index in [0.29, 0.717) is 12.6 Å². The molecular weight excluding hydrogens is 326 g/mol. The number of ether oxygens (including phenoxy) is 1. The fourth-order valence-electron chi connectivity index (χ4n) is 3.13. The molecule has 0 saturated carbocycles. The Morgan fingerprint density at radius 1 is 1.12 bits per heavy atom. The molecule has 1 aromatic rings. The minimum Gasteiger partial charge on any atom is -0.380 e. The van der Waals surface area contributed by atoms with Crippen LogP contribution in [0.3, 0.4) is 0 Å². The van der Waals surface area contributed by atoms with Gasteiger partial charge in [-0.15, -0.1) is 0 Å². The van der Waals surface area contributed by atoms with Crippen molar-refractivity contribution in [1.82, 2.24) is 15.5 Å². The lowest BCUT2D eigenvalue weighted by Crippen LogP contribution is -2.50. The van der Waals surface area contributed by atoms with Crippen LogP contribution in [0.5, 0.6) is 0 Å². The highest BCUT2D eigenvalue weighted by molar-refractivity contribution is 5.79. The lowest BCUT2D eigenvalue weighted by atomic mass is 10.2. The Morgan fingerprint density at radius 2 is 1.85 bits per heavy atom. The minimum absolute atomic E-state index is 0.440. The van der Waals surface area contributed by atoms with Crippen LogP contribution in [-0.4, -0.2) is 75.9 Å². The van der Waals surface area contributed by atoms with Crippen LogP contribution in [0.1, 0.15) is 20.8 Å². The smallest absolute Gasteiger partial charge is 0.191 e. The standard InChI is InChI=1S/C20H35N5O/c1-4-21-20(22-11-16-26-5-2)23-17-18(3)24-12-14-25(15-13-24)19-9-7-6-8-10-19/h6-10,18H,4-5,11-17H2,1-3H3,(H2,21,22,23). The highest BCUT2D eigenvalue weighted by atomic mass is 16.5. The normalized spacial score (nSPS) is 17.2. The van der Waals surface area contributed by atoms with Gasteiger partial charge < -0.3 is 20.3 Å². The Morgan fingerprint density at radius 3 is 2.50 bits per heavy atom. The summed E-state index contributed by atoms with van der Waals surface area (Å²) < 4.78 is 5.37. The first-order valence-electron chi connectivity index (χ1n) is 9.88. The van der Waals surface area contributed by atoms with Gasteiger partial charge in [0.2, 0.25) is 0 Å². The quantitative estimate of drug-likeness (QED) is 0.399. The Labute approximate surface area is 158 Å². The topological polar surface area (TPSA) is 52.1 Å². The third-order valence-corrected chi connectivity index (χ3v) is 4.66. The van der Waals surface area contributed by atoms with Crippen LogP contribution in [0.25, 0.3) is 0 Å². The molecule has 0 amide bonds. The summed E-state index contributed by atoms with van der Waals surface area (Å²) in [6.07, 6.45) is 0. The number of anilines is 1. The molecule has 0 bridgehead atoms. The summed E-state index contributed by atoms with van der Waals surface area (Å²) in [6, 6.07) is 11.1. The van der Waals surface area contributed by atoms with Gasteiger partial charge in [-0.05, 0) is 32.9 Å². The number of benzene rings is 1. The summed E-state index contributed by atoms with van der Waals surface area (Å²) in [5.74, 6) is 0.877. The van der Waals surface area contributed by atoms with E-state index in [4.69, 9.17) is 9.73 Å². The molecule has 1 unspecified atom stereocenters. The lowest BCUT2D eigenvalue weighted by Gasteiger charge is -2.38. The van der Waals surface area contributed by atoms with E-state index in [-0.39, 0.29) is 0 Å². The van der Waals surface area contributed by atoms with Gasteiger partial charge in [0.15, 0.2) is 5.96 Å². The molecule has 1 heterocycles. The molecule has 146 valence electrons. The number of guanidine groups is 1. The molecule has 6 heteroatoms. The van der Waals surface area contributed by atoms with Gasteiger partial charge in [-0.2, -0.15) is 0 Å². The molecule has 0 aromatic heterocycles. The molecule has 26 heavy (non-hydrogen) atoms. The average Bonchev–Trinajstić information content (AvgIpc) is 2.70. The van der Waals surface area contributed by atoms with Gasteiger partial charge in [0.1, 0.15) is 0 Å². The number of nitrogens with zero attached hydrogens (tertiary/aromatic N) is 3. The summed E-state index contributed by atoms with van der Waals surface area (Å²) in [4.78, 5) is 9.75. The monoisotopic (exact) mass is 361 g/mol. The van der Waals surface area contributed by atoms with Crippen LogP contribution in [0.2, 0.25) is 0 Å². The zero-order valence-electron chi connectivity index (χ0n) is 16.6. The summed E-state index contributed by atoms with van der Waals surface area (Å²) in [5, 5.41) is 6.63. The Balaban J connectivity index is 1.76. The van der Waals surface area contributed by atoms with Crippen LogP contribution in [-0.2, 0) is 4.74 Å². The Bertz CT molecular complexity index is 514. The maximum absolute atomic E-state index is 5.37. The van der Waals surface area contributed by atoms with Crippen molar-refractivity contribution in [3.8, 4) is 0 Å². The molecule has 1 fully saturated rings. The third-order valence-electron chi connectivity index (χ3n) is 4.66. The average molecular weight is 362 g/mol. The molecule has 2 N–H and O–H groups in total. The van der Waals surface area contributed by atoms with E-state index in [2.05, 4.69) is 64.6 Å². The molecule has 1 saturated heterocycles. The lowest BCUT2D eigenvalue weighted by molar-refractivity contribution is 0.152. The largest absolute Gasteiger partial charge is 0.380 e. The predicted octanol–water partition coefficient (Wildman–Crippen LogP) is 1.79. The van der Waals surface area contributed by atoms with Crippen molar-refractivity contribution in [2.24, 2.45) is 4.99 Å². The zero-order valence-corrected chi connectivity index (χ0v) is 16.6. The molecule has 0 spiro atoms. The molecule has 1 aromatic carbocycles. The Hall–Kier alpha value is -1.79. The van der Waals surface area contributed by atoms with Crippen molar-refractivity contribution in [3.63, 3.8) is 0 Å². The van der Waals surface area contributed by atoms with Crippen molar-refractivity contribution in [3.05, 3.63) is 30.3 Å². The SMILES string of the molecule is CCNC(=NCC(C)N1CCN(c2ccccc2)CC1)NCCOCC. The summed E-state index contributed by atoms with van der Waals surface area (Å²) in [6.45, 7) is 14.6. The van der Waals surface area contributed by atoms with Crippen molar-refractivity contribution in [2.75, 3.05) is 63.9 Å². The number of rotatable bonds is 9. The fraction of sp³-hybridized carbons (Fsp3) is 0.650. The summed E-state index contributed by atoms with van der Waals surface area (Å²) >= 11 is 0. The maximum atomic E-state index is 5.37. The molecule has 1 aliphatic heterocycles. The van der Waals surface area contributed by atoms with Gasteiger partial charge in [-0.25, -0.2) is 0 Å². The second-order valence-electron chi connectivity index (χ2n) is 6.55. The Kier molecular flexibility index (Phi) is 9.28. The van der Waals surface area contributed by atoms with E-state index < -0.39 is 0 Å². The van der Waals surface area contributed by atoms with Gasteiger partial charge in [-0.3, -0.25) is 9.89 Å². The second kappa shape index (κ2) is 11.8. The maximum Gasteiger partial charge on any atom is 0.191 e. The van der Waals surface area contributed by atoms with Crippen LogP contribution in [0.15, 0.2) is 35.3 Å². The molecule has 2 rings (SSSR count). The first-order chi connectivity index (χ1) is 12.7.